The third kappa shape index (κ3) is 2.43. The molecule has 2 heterocycles. The third-order valence-electron chi connectivity index (χ3n) is 4.78. The van der Waals surface area contributed by atoms with Crippen molar-refractivity contribution < 1.29 is 0 Å². The van der Waals surface area contributed by atoms with Crippen LogP contribution in [-0.4, -0.2) is 22.6 Å². The van der Waals surface area contributed by atoms with Gasteiger partial charge in [0, 0.05) is 35.6 Å². The maximum atomic E-state index is 11.7. The Morgan fingerprint density at radius 2 is 2.05 bits per heavy atom. The molecule has 0 fully saturated rings. The first-order valence-corrected chi connectivity index (χ1v) is 7.74. The molecule has 0 bridgehead atoms. The molecule has 1 aromatic carbocycles. The second kappa shape index (κ2) is 4.97. The molecule has 4 nitrogen and oxygen atoms in total. The number of H-pyrrole nitrogens is 1. The topological polar surface area (TPSA) is 49.0 Å². The van der Waals surface area contributed by atoms with E-state index in [0.29, 0.717) is 11.7 Å². The Morgan fingerprint density at radius 3 is 2.73 bits per heavy atom. The average molecular weight is 297 g/mol. The normalized spacial score (nSPS) is 19.9. The predicted molar refractivity (Wildman–Crippen MR) is 90.5 cm³/mol. The number of hydrogen-bond donors (Lipinski definition) is 1. The summed E-state index contributed by atoms with van der Waals surface area (Å²) >= 11 is 0. The van der Waals surface area contributed by atoms with E-state index in [9.17, 15) is 4.79 Å². The summed E-state index contributed by atoms with van der Waals surface area (Å²) in [5.74, 6) is 1.13. The van der Waals surface area contributed by atoms with Gasteiger partial charge in [-0.15, -0.1) is 0 Å². The van der Waals surface area contributed by atoms with E-state index in [2.05, 4.69) is 54.8 Å². The van der Waals surface area contributed by atoms with Crippen molar-refractivity contribution in [3.63, 3.8) is 0 Å². The smallest absolute Gasteiger partial charge is 0.251 e. The maximum Gasteiger partial charge on any atom is 0.251 e. The van der Waals surface area contributed by atoms with Gasteiger partial charge < -0.3 is 9.88 Å². The Hall–Kier alpha value is -2.10. The Labute approximate surface area is 131 Å². The van der Waals surface area contributed by atoms with Gasteiger partial charge in [0.1, 0.15) is 5.82 Å². The SMILES string of the molecule is Cc1cc(=O)[nH]c(-c2ccc3c(c2)C(C)CC(C)(C)N3C)n1. The highest BCUT2D eigenvalue weighted by molar-refractivity contribution is 5.67. The third-order valence-corrected chi connectivity index (χ3v) is 4.78. The van der Waals surface area contributed by atoms with Gasteiger partial charge in [0.05, 0.1) is 0 Å². The summed E-state index contributed by atoms with van der Waals surface area (Å²) in [7, 11) is 2.15. The number of benzene rings is 1. The molecule has 1 aliphatic rings. The molecule has 0 aliphatic carbocycles. The largest absolute Gasteiger partial charge is 0.369 e. The van der Waals surface area contributed by atoms with Gasteiger partial charge in [-0.05, 0) is 56.9 Å². The molecule has 0 radical (unpaired) electrons. The fraction of sp³-hybridized carbons (Fsp3) is 0.444. The van der Waals surface area contributed by atoms with Crippen LogP contribution in [0.5, 0.6) is 0 Å². The lowest BCUT2D eigenvalue weighted by molar-refractivity contribution is 0.395. The van der Waals surface area contributed by atoms with Crippen LogP contribution in [0.3, 0.4) is 0 Å². The Morgan fingerprint density at radius 1 is 1.32 bits per heavy atom. The highest BCUT2D eigenvalue weighted by Gasteiger charge is 2.34. The molecule has 4 heteroatoms. The van der Waals surface area contributed by atoms with Gasteiger partial charge in [0.25, 0.3) is 5.56 Å². The summed E-state index contributed by atoms with van der Waals surface area (Å²) in [5.41, 5.74) is 4.35. The molecular weight excluding hydrogens is 274 g/mol. The maximum absolute atomic E-state index is 11.7. The molecule has 0 saturated carbocycles. The zero-order valence-corrected chi connectivity index (χ0v) is 13.9. The quantitative estimate of drug-likeness (QED) is 0.877. The number of aromatic nitrogens is 2. The van der Waals surface area contributed by atoms with Crippen LogP contribution in [0, 0.1) is 6.92 Å². The van der Waals surface area contributed by atoms with Crippen molar-refractivity contribution in [1.29, 1.82) is 0 Å². The minimum Gasteiger partial charge on any atom is -0.369 e. The van der Waals surface area contributed by atoms with Crippen molar-refractivity contribution in [3.05, 3.63) is 45.9 Å². The van der Waals surface area contributed by atoms with Crippen LogP contribution in [0.1, 0.15) is 44.4 Å². The second-order valence-electron chi connectivity index (χ2n) is 6.99. The lowest BCUT2D eigenvalue weighted by Crippen LogP contribution is -2.45. The minimum absolute atomic E-state index is 0.105. The molecule has 0 amide bonds. The van der Waals surface area contributed by atoms with E-state index >= 15 is 0 Å². The van der Waals surface area contributed by atoms with Crippen LogP contribution in [0.4, 0.5) is 5.69 Å². The lowest BCUT2D eigenvalue weighted by atomic mass is 9.80. The summed E-state index contributed by atoms with van der Waals surface area (Å²) in [6.45, 7) is 8.67. The fourth-order valence-corrected chi connectivity index (χ4v) is 3.44. The first kappa shape index (κ1) is 14.8. The first-order valence-electron chi connectivity index (χ1n) is 7.74. The molecule has 0 saturated heterocycles. The predicted octanol–water partition coefficient (Wildman–Crippen LogP) is 3.47. The molecule has 1 atom stereocenters. The van der Waals surface area contributed by atoms with Crippen LogP contribution in [0.15, 0.2) is 29.1 Å². The van der Waals surface area contributed by atoms with Crippen molar-refractivity contribution in [2.75, 3.05) is 11.9 Å². The Bertz CT molecular complexity index is 776. The van der Waals surface area contributed by atoms with E-state index in [0.717, 1.165) is 17.7 Å². The molecule has 0 spiro atoms. The zero-order valence-electron chi connectivity index (χ0n) is 13.9. The van der Waals surface area contributed by atoms with Crippen molar-refractivity contribution >= 4 is 5.69 Å². The van der Waals surface area contributed by atoms with E-state index < -0.39 is 0 Å². The average Bonchev–Trinajstić information content (AvgIpc) is 2.43. The number of aromatic amines is 1. The second-order valence-corrected chi connectivity index (χ2v) is 6.99. The van der Waals surface area contributed by atoms with Crippen molar-refractivity contribution in [2.24, 2.45) is 0 Å². The van der Waals surface area contributed by atoms with E-state index in [4.69, 9.17) is 0 Å². The molecule has 1 aliphatic heterocycles. The van der Waals surface area contributed by atoms with E-state index in [1.54, 1.807) is 0 Å². The molecular formula is C18H23N3O. The van der Waals surface area contributed by atoms with Crippen LogP contribution >= 0.6 is 0 Å². The van der Waals surface area contributed by atoms with Gasteiger partial charge in [-0.2, -0.15) is 0 Å². The van der Waals surface area contributed by atoms with Crippen LogP contribution in [-0.2, 0) is 0 Å². The highest BCUT2D eigenvalue weighted by atomic mass is 16.1. The number of rotatable bonds is 1. The van der Waals surface area contributed by atoms with E-state index in [1.165, 1.54) is 17.3 Å². The van der Waals surface area contributed by atoms with Gasteiger partial charge in [0.15, 0.2) is 0 Å². The van der Waals surface area contributed by atoms with Crippen LogP contribution in [0.25, 0.3) is 11.4 Å². The molecule has 1 N–H and O–H groups in total. The van der Waals surface area contributed by atoms with Crippen molar-refractivity contribution in [1.82, 2.24) is 9.97 Å². The van der Waals surface area contributed by atoms with Gasteiger partial charge in [0.2, 0.25) is 0 Å². The number of hydrogen-bond acceptors (Lipinski definition) is 3. The molecule has 22 heavy (non-hydrogen) atoms. The minimum atomic E-state index is -0.105. The number of fused-ring (bicyclic) bond motifs is 1. The van der Waals surface area contributed by atoms with E-state index in [1.807, 2.05) is 13.0 Å². The van der Waals surface area contributed by atoms with Crippen LogP contribution in [0.2, 0.25) is 0 Å². The molecule has 1 aromatic heterocycles. The summed E-state index contributed by atoms with van der Waals surface area (Å²) in [5, 5.41) is 0. The number of anilines is 1. The number of aryl methyl sites for hydroxylation is 1. The standard InChI is InChI=1S/C18H23N3O/c1-11-10-18(3,4)21(5)15-7-6-13(9-14(11)15)17-19-12(2)8-16(22)20-17/h6-9,11H,10H2,1-5H3,(H,19,20,22). The summed E-state index contributed by atoms with van der Waals surface area (Å²) in [6.07, 6.45) is 1.11. The number of nitrogens with zero attached hydrogens (tertiary/aromatic N) is 2. The molecule has 2 aromatic rings. The van der Waals surface area contributed by atoms with Crippen molar-refractivity contribution in [2.45, 2.75) is 45.6 Å². The Kier molecular flexibility index (Phi) is 3.35. The monoisotopic (exact) mass is 297 g/mol. The summed E-state index contributed by atoms with van der Waals surface area (Å²) in [6, 6.07) is 7.87. The Balaban J connectivity index is 2.12. The number of nitrogens with one attached hydrogen (secondary N) is 1. The summed E-state index contributed by atoms with van der Waals surface area (Å²) in [4.78, 5) is 21.3. The van der Waals surface area contributed by atoms with Gasteiger partial charge in [-0.25, -0.2) is 4.98 Å². The van der Waals surface area contributed by atoms with E-state index in [-0.39, 0.29) is 11.1 Å². The van der Waals surface area contributed by atoms with Gasteiger partial charge in [-0.1, -0.05) is 6.92 Å². The van der Waals surface area contributed by atoms with Crippen LogP contribution < -0.4 is 10.5 Å². The molecule has 1 unspecified atom stereocenters. The lowest BCUT2D eigenvalue weighted by Gasteiger charge is -2.45. The molecule has 3 rings (SSSR count). The van der Waals surface area contributed by atoms with Crippen molar-refractivity contribution in [3.8, 4) is 11.4 Å². The summed E-state index contributed by atoms with van der Waals surface area (Å²) < 4.78 is 0. The molecule has 116 valence electrons. The van der Waals surface area contributed by atoms with Gasteiger partial charge >= 0.3 is 0 Å². The first-order chi connectivity index (χ1) is 10.3. The fourth-order valence-electron chi connectivity index (χ4n) is 3.44. The van der Waals surface area contributed by atoms with Gasteiger partial charge in [-0.3, -0.25) is 4.79 Å². The highest BCUT2D eigenvalue weighted by Crippen LogP contribution is 2.43. The zero-order chi connectivity index (χ0) is 16.1.